The number of hydrogen-bond donors (Lipinski definition) is 2. The zero-order valence-corrected chi connectivity index (χ0v) is 10.7. The second-order valence-corrected chi connectivity index (χ2v) is 6.05. The number of rotatable bonds is 5. The van der Waals surface area contributed by atoms with E-state index in [1.807, 2.05) is 0 Å². The quantitative estimate of drug-likeness (QED) is 0.727. The Hall–Kier alpha value is -1.90. The predicted molar refractivity (Wildman–Crippen MR) is 62.2 cm³/mol. The fraction of sp³-hybridized carbons (Fsp3) is 0.444. The molecule has 9 heteroatoms. The Bertz CT molecular complexity index is 563. The summed E-state index contributed by atoms with van der Waals surface area (Å²) >= 11 is 0. The summed E-state index contributed by atoms with van der Waals surface area (Å²) in [5.41, 5.74) is -0.551. The number of aromatic amines is 1. The highest BCUT2D eigenvalue weighted by Crippen LogP contribution is 2.06. The van der Waals surface area contributed by atoms with E-state index in [1.165, 1.54) is 7.05 Å². The number of hydrogen-bond acceptors (Lipinski definition) is 5. The largest absolute Gasteiger partial charge is 0.477 e. The highest BCUT2D eigenvalue weighted by molar-refractivity contribution is 7.90. The van der Waals surface area contributed by atoms with Crippen molar-refractivity contribution in [1.82, 2.24) is 14.9 Å². The van der Waals surface area contributed by atoms with Crippen LogP contribution in [0, 0.1) is 0 Å². The molecule has 18 heavy (non-hydrogen) atoms. The average Bonchev–Trinajstić information content (AvgIpc) is 2.72. The highest BCUT2D eigenvalue weighted by Gasteiger charge is 2.23. The van der Waals surface area contributed by atoms with Crippen molar-refractivity contribution < 1.29 is 23.1 Å². The minimum atomic E-state index is -3.19. The minimum absolute atomic E-state index is 0.0242. The molecule has 8 nitrogen and oxygen atoms in total. The number of imidazole rings is 1. The van der Waals surface area contributed by atoms with E-state index >= 15 is 0 Å². The number of aromatic nitrogens is 2. The molecule has 0 aromatic carbocycles. The Morgan fingerprint density at radius 3 is 2.61 bits per heavy atom. The lowest BCUT2D eigenvalue weighted by molar-refractivity contribution is 0.0676. The van der Waals surface area contributed by atoms with Gasteiger partial charge in [-0.25, -0.2) is 18.2 Å². The molecule has 1 aromatic heterocycles. The van der Waals surface area contributed by atoms with Crippen molar-refractivity contribution in [2.75, 3.05) is 25.6 Å². The van der Waals surface area contributed by atoms with Crippen molar-refractivity contribution >= 4 is 21.7 Å². The summed E-state index contributed by atoms with van der Waals surface area (Å²) < 4.78 is 21.9. The van der Waals surface area contributed by atoms with Crippen molar-refractivity contribution in [2.45, 2.75) is 0 Å². The number of carbonyl (C=O) groups is 2. The van der Waals surface area contributed by atoms with Crippen LogP contribution >= 0.6 is 0 Å². The maximum atomic E-state index is 11.8. The monoisotopic (exact) mass is 275 g/mol. The van der Waals surface area contributed by atoms with Gasteiger partial charge in [0, 0.05) is 19.8 Å². The van der Waals surface area contributed by atoms with Crippen LogP contribution in [-0.4, -0.2) is 65.9 Å². The number of carbonyl (C=O) groups excluding carboxylic acids is 1. The van der Waals surface area contributed by atoms with E-state index in [9.17, 15) is 18.0 Å². The summed E-state index contributed by atoms with van der Waals surface area (Å²) in [5, 5.41) is 8.81. The van der Waals surface area contributed by atoms with Crippen molar-refractivity contribution in [3.05, 3.63) is 17.7 Å². The highest BCUT2D eigenvalue weighted by atomic mass is 32.2. The SMILES string of the molecule is CN(CCS(C)(=O)=O)C(=O)c1nc[nH]c1C(=O)O. The molecule has 0 fully saturated rings. The first-order valence-electron chi connectivity index (χ1n) is 4.92. The number of nitrogens with one attached hydrogen (secondary N) is 1. The maximum absolute atomic E-state index is 11.8. The number of sulfone groups is 1. The van der Waals surface area contributed by atoms with E-state index in [0.717, 1.165) is 17.5 Å². The zero-order valence-electron chi connectivity index (χ0n) is 9.87. The minimum Gasteiger partial charge on any atom is -0.477 e. The summed E-state index contributed by atoms with van der Waals surface area (Å²) in [6.07, 6.45) is 2.16. The predicted octanol–water partition coefficient (Wildman–Crippen LogP) is -0.775. The first-order valence-corrected chi connectivity index (χ1v) is 6.98. The molecular formula is C9H13N3O5S. The molecule has 1 heterocycles. The van der Waals surface area contributed by atoms with Gasteiger partial charge in [0.2, 0.25) is 0 Å². The van der Waals surface area contributed by atoms with Crippen LogP contribution in [0.3, 0.4) is 0 Å². The van der Waals surface area contributed by atoms with E-state index < -0.39 is 21.7 Å². The molecular weight excluding hydrogens is 262 g/mol. The Kier molecular flexibility index (Phi) is 4.07. The van der Waals surface area contributed by atoms with Gasteiger partial charge in [-0.2, -0.15) is 0 Å². The molecule has 100 valence electrons. The number of aromatic carboxylic acids is 1. The number of amides is 1. The number of nitrogens with zero attached hydrogens (tertiary/aromatic N) is 2. The van der Waals surface area contributed by atoms with Gasteiger partial charge in [-0.05, 0) is 0 Å². The van der Waals surface area contributed by atoms with Gasteiger partial charge in [0.1, 0.15) is 9.84 Å². The first kappa shape index (κ1) is 14.2. The molecule has 0 radical (unpaired) electrons. The van der Waals surface area contributed by atoms with Gasteiger partial charge in [0.05, 0.1) is 12.1 Å². The van der Waals surface area contributed by atoms with Crippen LogP contribution in [0.15, 0.2) is 6.33 Å². The number of carboxylic acid groups (broad SMARTS) is 1. The second-order valence-electron chi connectivity index (χ2n) is 3.79. The maximum Gasteiger partial charge on any atom is 0.354 e. The van der Waals surface area contributed by atoms with Crippen molar-refractivity contribution in [3.63, 3.8) is 0 Å². The normalized spacial score (nSPS) is 11.2. The average molecular weight is 275 g/mol. The molecule has 0 atom stereocenters. The molecule has 1 rings (SSSR count). The fourth-order valence-electron chi connectivity index (χ4n) is 1.20. The van der Waals surface area contributed by atoms with Crippen LogP contribution in [0.1, 0.15) is 21.0 Å². The van der Waals surface area contributed by atoms with E-state index in [1.54, 1.807) is 0 Å². The fourth-order valence-corrected chi connectivity index (χ4v) is 1.81. The molecule has 1 aromatic rings. The Morgan fingerprint density at radius 2 is 2.11 bits per heavy atom. The molecule has 1 amide bonds. The zero-order chi connectivity index (χ0) is 13.9. The molecule has 0 saturated heterocycles. The second kappa shape index (κ2) is 5.17. The molecule has 0 bridgehead atoms. The third kappa shape index (κ3) is 3.55. The molecule has 0 aliphatic carbocycles. The van der Waals surface area contributed by atoms with Crippen molar-refractivity contribution in [2.24, 2.45) is 0 Å². The van der Waals surface area contributed by atoms with E-state index in [2.05, 4.69) is 9.97 Å². The number of carboxylic acids is 1. The summed E-state index contributed by atoms with van der Waals surface area (Å²) in [4.78, 5) is 29.7. The van der Waals surface area contributed by atoms with Gasteiger partial charge < -0.3 is 15.0 Å². The molecule has 0 saturated carbocycles. The van der Waals surface area contributed by atoms with Crippen LogP contribution in [-0.2, 0) is 9.84 Å². The lowest BCUT2D eigenvalue weighted by atomic mass is 10.3. The Balaban J connectivity index is 2.81. The topological polar surface area (TPSA) is 120 Å². The summed E-state index contributed by atoms with van der Waals surface area (Å²) in [6.45, 7) is -0.0242. The van der Waals surface area contributed by atoms with Crippen LogP contribution in [0.4, 0.5) is 0 Å². The first-order chi connectivity index (χ1) is 8.22. The van der Waals surface area contributed by atoms with Crippen LogP contribution in [0.25, 0.3) is 0 Å². The van der Waals surface area contributed by atoms with Gasteiger partial charge in [0.25, 0.3) is 5.91 Å². The van der Waals surface area contributed by atoms with Crippen molar-refractivity contribution in [3.8, 4) is 0 Å². The van der Waals surface area contributed by atoms with Gasteiger partial charge in [-0.15, -0.1) is 0 Å². The third-order valence-corrected chi connectivity index (χ3v) is 3.12. The van der Waals surface area contributed by atoms with Gasteiger partial charge in [0.15, 0.2) is 11.4 Å². The van der Waals surface area contributed by atoms with Crippen LogP contribution in [0.2, 0.25) is 0 Å². The Morgan fingerprint density at radius 1 is 1.50 bits per heavy atom. The van der Waals surface area contributed by atoms with Crippen LogP contribution in [0.5, 0.6) is 0 Å². The standard InChI is InChI=1S/C9H13N3O5S/c1-12(3-4-18(2,16)17)8(13)6-7(9(14)15)11-5-10-6/h5H,3-4H2,1-2H3,(H,10,11)(H,14,15). The summed E-state index contributed by atoms with van der Waals surface area (Å²) in [6, 6.07) is 0. The van der Waals surface area contributed by atoms with Crippen LogP contribution < -0.4 is 0 Å². The number of H-pyrrole nitrogens is 1. The smallest absolute Gasteiger partial charge is 0.354 e. The lowest BCUT2D eigenvalue weighted by Crippen LogP contribution is -2.32. The van der Waals surface area contributed by atoms with Gasteiger partial charge in [-0.3, -0.25) is 4.79 Å². The molecule has 0 unspecified atom stereocenters. The summed E-state index contributed by atoms with van der Waals surface area (Å²) in [5.74, 6) is -2.13. The van der Waals surface area contributed by atoms with Crippen molar-refractivity contribution in [1.29, 1.82) is 0 Å². The van der Waals surface area contributed by atoms with E-state index in [4.69, 9.17) is 5.11 Å². The Labute approximate surface area is 104 Å². The molecule has 0 spiro atoms. The summed E-state index contributed by atoms with van der Waals surface area (Å²) in [7, 11) is -1.80. The molecule has 0 aliphatic rings. The van der Waals surface area contributed by atoms with Gasteiger partial charge >= 0.3 is 5.97 Å². The lowest BCUT2D eigenvalue weighted by Gasteiger charge is -2.15. The molecule has 2 N–H and O–H groups in total. The third-order valence-electron chi connectivity index (χ3n) is 2.20. The van der Waals surface area contributed by atoms with E-state index in [-0.39, 0.29) is 23.7 Å². The van der Waals surface area contributed by atoms with Gasteiger partial charge in [-0.1, -0.05) is 0 Å². The van der Waals surface area contributed by atoms with E-state index in [0.29, 0.717) is 0 Å². The molecule has 0 aliphatic heterocycles.